The zero-order valence-electron chi connectivity index (χ0n) is 15.3. The lowest BCUT2D eigenvalue weighted by Crippen LogP contribution is -2.10. The first-order chi connectivity index (χ1) is 13.5. The highest BCUT2D eigenvalue weighted by atomic mass is 35.5. The Morgan fingerprint density at radius 3 is 2.52 bits per heavy atom. The van der Waals surface area contributed by atoms with Crippen molar-refractivity contribution in [3.8, 4) is 17.0 Å². The lowest BCUT2D eigenvalue weighted by molar-refractivity contribution is -0.0524. The number of halogens is 3. The number of rotatable bonds is 5. The summed E-state index contributed by atoms with van der Waals surface area (Å²) in [6, 6.07) is 8.43. The zero-order valence-corrected chi connectivity index (χ0v) is 16.8. The van der Waals surface area contributed by atoms with Crippen LogP contribution in [0.5, 0.6) is 5.88 Å². The molecule has 29 heavy (non-hydrogen) atoms. The Labute approximate surface area is 170 Å². The molecule has 1 unspecified atom stereocenters. The van der Waals surface area contributed by atoms with Gasteiger partial charge >= 0.3 is 6.61 Å². The molecule has 0 spiro atoms. The molecule has 1 N–H and O–H groups in total. The average molecular weight is 447 g/mol. The predicted octanol–water partition coefficient (Wildman–Crippen LogP) is 3.71. The normalized spacial score (nSPS) is 12.2. The van der Waals surface area contributed by atoms with Crippen LogP contribution in [-0.2, 0) is 10.1 Å². The first-order valence-corrected chi connectivity index (χ1v) is 10.2. The van der Waals surface area contributed by atoms with Gasteiger partial charge in [-0.1, -0.05) is 23.7 Å². The zero-order chi connectivity index (χ0) is 21.6. The van der Waals surface area contributed by atoms with E-state index in [0.29, 0.717) is 22.4 Å². The van der Waals surface area contributed by atoms with Gasteiger partial charge in [0.2, 0.25) is 5.88 Å². The monoisotopic (exact) mass is 446 g/mol. The number of hydrogen-bond acceptors (Lipinski definition) is 6. The van der Waals surface area contributed by atoms with E-state index in [0.717, 1.165) is 5.56 Å². The lowest BCUT2D eigenvalue weighted by atomic mass is 10.0. The van der Waals surface area contributed by atoms with Crippen LogP contribution in [0.3, 0.4) is 0 Å². The van der Waals surface area contributed by atoms with Gasteiger partial charge in [-0.2, -0.15) is 22.3 Å². The summed E-state index contributed by atoms with van der Waals surface area (Å²) < 4.78 is 57.4. The first-order valence-electron chi connectivity index (χ1n) is 8.02. The summed E-state index contributed by atoms with van der Waals surface area (Å²) >= 11 is 6.00. The fourth-order valence-electron chi connectivity index (χ4n) is 2.31. The molecule has 0 bridgehead atoms. The molecule has 2 heterocycles. The molecule has 2 aromatic heterocycles. The van der Waals surface area contributed by atoms with E-state index in [2.05, 4.69) is 19.8 Å². The van der Waals surface area contributed by atoms with Crippen molar-refractivity contribution in [2.45, 2.75) is 19.6 Å². The molecule has 3 aromatic rings. The third-order valence-corrected chi connectivity index (χ3v) is 3.76. The minimum atomic E-state index is -3.67. The maximum Gasteiger partial charge on any atom is 0.388 e. The fraction of sp³-hybridized carbons (Fsp3) is 0.235. The number of hydrogen-bond donors (Lipinski definition) is 1. The van der Waals surface area contributed by atoms with E-state index in [1.807, 2.05) is 6.92 Å². The van der Waals surface area contributed by atoms with Gasteiger partial charge in [-0.05, 0) is 36.2 Å². The van der Waals surface area contributed by atoms with E-state index in [1.54, 1.807) is 41.3 Å². The summed E-state index contributed by atoms with van der Waals surface area (Å²) in [5.74, 6) is -0.151. The average Bonchev–Trinajstić information content (AvgIpc) is 3.14. The van der Waals surface area contributed by atoms with Crippen LogP contribution < -0.4 is 4.74 Å². The minimum absolute atomic E-state index is 0.151. The Hall–Kier alpha value is -2.63. The molecule has 0 fully saturated rings. The molecule has 0 amide bonds. The summed E-state index contributed by atoms with van der Waals surface area (Å²) in [6.07, 6.45) is 5.20. The molecule has 0 radical (unpaired) electrons. The number of pyridine rings is 1. The topological polar surface area (TPSA) is 107 Å². The van der Waals surface area contributed by atoms with Crippen molar-refractivity contribution in [2.24, 2.45) is 0 Å². The van der Waals surface area contributed by atoms with Crippen molar-refractivity contribution in [1.82, 2.24) is 19.7 Å². The highest BCUT2D eigenvalue weighted by molar-refractivity contribution is 7.85. The van der Waals surface area contributed by atoms with Gasteiger partial charge in [0.15, 0.2) is 0 Å². The molecule has 8 nitrogen and oxygen atoms in total. The Balaban J connectivity index is 0.000000537. The molecule has 0 aliphatic heterocycles. The molecule has 0 aliphatic carbocycles. The second-order valence-corrected chi connectivity index (χ2v) is 7.70. The fourth-order valence-corrected chi connectivity index (χ4v) is 2.50. The second kappa shape index (κ2) is 9.72. The number of nitrogens with zero attached hydrogens (tertiary/aromatic N) is 4. The van der Waals surface area contributed by atoms with Gasteiger partial charge in [0.25, 0.3) is 10.1 Å². The summed E-state index contributed by atoms with van der Waals surface area (Å²) in [6.45, 7) is -1.06. The first kappa shape index (κ1) is 22.7. The molecule has 3 rings (SSSR count). The SMILES string of the molecule is CC(c1cnc(OC(F)F)c(-c2cccc(Cl)c2)c1)n1cncn1.CS(=O)(=O)O. The van der Waals surface area contributed by atoms with Crippen molar-refractivity contribution in [3.05, 3.63) is 59.8 Å². The standard InChI is InChI=1S/C16H13ClF2N4O.CH4O3S/c1-10(23-9-20-8-22-23)12-6-14(11-3-2-4-13(17)5-11)15(21-7-12)24-16(18)19;1-5(2,3)4/h2-10,16H,1H3;1H3,(H,2,3,4). The molecular weight excluding hydrogens is 430 g/mol. The van der Waals surface area contributed by atoms with E-state index in [9.17, 15) is 17.2 Å². The van der Waals surface area contributed by atoms with Crippen molar-refractivity contribution in [3.63, 3.8) is 0 Å². The number of alkyl halides is 2. The van der Waals surface area contributed by atoms with Gasteiger partial charge in [-0.25, -0.2) is 14.6 Å². The highest BCUT2D eigenvalue weighted by Gasteiger charge is 2.17. The summed E-state index contributed by atoms with van der Waals surface area (Å²) in [4.78, 5) is 7.96. The van der Waals surface area contributed by atoms with Crippen molar-refractivity contribution in [1.29, 1.82) is 0 Å². The van der Waals surface area contributed by atoms with Gasteiger partial charge in [0.1, 0.15) is 12.7 Å². The Bertz CT molecular complexity index is 1040. The van der Waals surface area contributed by atoms with E-state index in [4.69, 9.17) is 16.2 Å². The van der Waals surface area contributed by atoms with Crippen molar-refractivity contribution < 1.29 is 26.5 Å². The maximum absolute atomic E-state index is 12.7. The number of ether oxygens (including phenoxy) is 1. The molecule has 0 saturated carbocycles. The van der Waals surface area contributed by atoms with Crippen LogP contribution >= 0.6 is 11.6 Å². The van der Waals surface area contributed by atoms with Gasteiger partial charge in [0, 0.05) is 16.8 Å². The second-order valence-electron chi connectivity index (χ2n) is 5.79. The van der Waals surface area contributed by atoms with Crippen LogP contribution in [0.1, 0.15) is 18.5 Å². The van der Waals surface area contributed by atoms with Gasteiger partial charge in [-0.15, -0.1) is 0 Å². The molecule has 1 atom stereocenters. The van der Waals surface area contributed by atoms with Crippen LogP contribution in [0.2, 0.25) is 5.02 Å². The van der Waals surface area contributed by atoms with Crippen molar-refractivity contribution in [2.75, 3.05) is 6.26 Å². The lowest BCUT2D eigenvalue weighted by Gasteiger charge is -2.16. The van der Waals surface area contributed by atoms with E-state index >= 15 is 0 Å². The molecule has 0 saturated heterocycles. The van der Waals surface area contributed by atoms with Gasteiger partial charge in [-0.3, -0.25) is 4.55 Å². The van der Waals surface area contributed by atoms with Crippen molar-refractivity contribution >= 4 is 21.7 Å². The largest absolute Gasteiger partial charge is 0.416 e. The highest BCUT2D eigenvalue weighted by Crippen LogP contribution is 2.33. The molecule has 156 valence electrons. The number of benzene rings is 1. The Morgan fingerprint density at radius 2 is 1.97 bits per heavy atom. The summed E-state index contributed by atoms with van der Waals surface area (Å²) in [5, 5.41) is 4.58. The van der Waals surface area contributed by atoms with E-state index in [1.165, 1.54) is 12.5 Å². The van der Waals surface area contributed by atoms with Crippen LogP contribution in [0, 0.1) is 0 Å². The molecule has 1 aromatic carbocycles. The molecular formula is C17H17ClF2N4O4S. The molecule has 12 heteroatoms. The van der Waals surface area contributed by atoms with E-state index < -0.39 is 16.7 Å². The maximum atomic E-state index is 12.7. The Morgan fingerprint density at radius 1 is 1.28 bits per heavy atom. The smallest absolute Gasteiger partial charge is 0.388 e. The third-order valence-electron chi connectivity index (χ3n) is 3.52. The van der Waals surface area contributed by atoms with E-state index in [-0.39, 0.29) is 11.9 Å². The van der Waals surface area contributed by atoms with Crippen LogP contribution in [0.15, 0.2) is 49.2 Å². The van der Waals surface area contributed by atoms with Gasteiger partial charge in [0.05, 0.1) is 12.3 Å². The van der Waals surface area contributed by atoms with Crippen LogP contribution in [-0.4, -0.2) is 45.6 Å². The Kier molecular flexibility index (Phi) is 7.59. The predicted molar refractivity (Wildman–Crippen MR) is 103 cm³/mol. The summed E-state index contributed by atoms with van der Waals surface area (Å²) in [5.41, 5.74) is 1.85. The quantitative estimate of drug-likeness (QED) is 0.595. The third kappa shape index (κ3) is 7.37. The van der Waals surface area contributed by atoms with Crippen LogP contribution in [0.4, 0.5) is 8.78 Å². The van der Waals surface area contributed by atoms with Gasteiger partial charge < -0.3 is 4.74 Å². The molecule has 0 aliphatic rings. The number of aromatic nitrogens is 4. The minimum Gasteiger partial charge on any atom is -0.416 e. The summed E-state index contributed by atoms with van der Waals surface area (Å²) in [7, 11) is -3.67. The van der Waals surface area contributed by atoms with Crippen LogP contribution in [0.25, 0.3) is 11.1 Å².